The molecular formula is C5H7ClN2O2. The van der Waals surface area contributed by atoms with Gasteiger partial charge in [0.15, 0.2) is 0 Å². The number of carbonyl (C=O) groups excluding carboxylic acids is 2. The van der Waals surface area contributed by atoms with E-state index < -0.39 is 5.37 Å². The molecule has 0 spiro atoms. The molecule has 0 bridgehead atoms. The standard InChI is InChI=1S/C5H7ClN2O2/c1-3-2-4(9)7-8(3)5(6)10/h3H,2H2,1H3,(H,7,9). The molecule has 1 fully saturated rings. The number of hydrogen-bond acceptors (Lipinski definition) is 2. The van der Waals surface area contributed by atoms with E-state index in [1.165, 1.54) is 0 Å². The summed E-state index contributed by atoms with van der Waals surface area (Å²) >= 11 is 5.12. The third kappa shape index (κ3) is 1.21. The molecule has 2 amide bonds. The Morgan fingerprint density at radius 2 is 2.50 bits per heavy atom. The average molecular weight is 163 g/mol. The van der Waals surface area contributed by atoms with Crippen LogP contribution in [-0.4, -0.2) is 22.3 Å². The average Bonchev–Trinajstić information content (AvgIpc) is 2.10. The molecule has 0 radical (unpaired) electrons. The molecule has 1 rings (SSSR count). The zero-order valence-electron chi connectivity index (χ0n) is 5.43. The van der Waals surface area contributed by atoms with E-state index in [1.54, 1.807) is 6.92 Å². The van der Waals surface area contributed by atoms with Crippen molar-refractivity contribution in [1.82, 2.24) is 10.4 Å². The summed E-state index contributed by atoms with van der Waals surface area (Å²) in [7, 11) is 0. The summed E-state index contributed by atoms with van der Waals surface area (Å²) in [6.45, 7) is 1.75. The predicted molar refractivity (Wildman–Crippen MR) is 35.3 cm³/mol. The second kappa shape index (κ2) is 2.46. The van der Waals surface area contributed by atoms with E-state index in [0.717, 1.165) is 5.01 Å². The Morgan fingerprint density at radius 1 is 1.90 bits per heavy atom. The molecule has 56 valence electrons. The van der Waals surface area contributed by atoms with Crippen molar-refractivity contribution in [1.29, 1.82) is 0 Å². The van der Waals surface area contributed by atoms with Crippen molar-refractivity contribution in [2.75, 3.05) is 0 Å². The molecule has 0 aromatic carbocycles. The molecule has 1 aliphatic heterocycles. The van der Waals surface area contributed by atoms with Crippen LogP contribution in [0.1, 0.15) is 13.3 Å². The van der Waals surface area contributed by atoms with Crippen molar-refractivity contribution < 1.29 is 9.59 Å². The normalized spacial score (nSPS) is 24.8. The first-order valence-corrected chi connectivity index (χ1v) is 3.27. The predicted octanol–water partition coefficient (Wildman–Crippen LogP) is 0.471. The maximum atomic E-state index is 10.6. The van der Waals surface area contributed by atoms with Crippen LogP contribution in [0.25, 0.3) is 0 Å². The van der Waals surface area contributed by atoms with Crippen LogP contribution in [0.5, 0.6) is 0 Å². The third-order valence-electron chi connectivity index (χ3n) is 1.36. The van der Waals surface area contributed by atoms with Crippen LogP contribution in [0.3, 0.4) is 0 Å². The minimum atomic E-state index is -0.640. The Morgan fingerprint density at radius 3 is 2.70 bits per heavy atom. The molecule has 1 heterocycles. The number of hydrogen-bond donors (Lipinski definition) is 1. The first-order valence-electron chi connectivity index (χ1n) is 2.89. The number of rotatable bonds is 0. The Labute approximate surface area is 63.1 Å². The van der Waals surface area contributed by atoms with E-state index in [9.17, 15) is 9.59 Å². The van der Waals surface area contributed by atoms with Crippen LogP contribution < -0.4 is 5.43 Å². The van der Waals surface area contributed by atoms with Gasteiger partial charge < -0.3 is 0 Å². The lowest BCUT2D eigenvalue weighted by Crippen LogP contribution is -2.38. The summed E-state index contributed by atoms with van der Waals surface area (Å²) in [5.41, 5.74) is 2.32. The molecule has 1 aliphatic rings. The third-order valence-corrected chi connectivity index (χ3v) is 1.54. The zero-order valence-corrected chi connectivity index (χ0v) is 6.18. The van der Waals surface area contributed by atoms with Crippen molar-refractivity contribution >= 4 is 22.9 Å². The van der Waals surface area contributed by atoms with Crippen molar-refractivity contribution in [2.45, 2.75) is 19.4 Å². The molecule has 1 N–H and O–H groups in total. The van der Waals surface area contributed by atoms with Crippen LogP contribution >= 0.6 is 11.6 Å². The van der Waals surface area contributed by atoms with Crippen molar-refractivity contribution in [3.05, 3.63) is 0 Å². The number of amides is 2. The molecule has 0 aliphatic carbocycles. The minimum absolute atomic E-state index is 0.127. The topological polar surface area (TPSA) is 49.4 Å². The number of hydrazine groups is 1. The lowest BCUT2D eigenvalue weighted by Gasteiger charge is -2.15. The molecule has 1 saturated heterocycles. The lowest BCUT2D eigenvalue weighted by molar-refractivity contribution is -0.120. The second-order valence-corrected chi connectivity index (χ2v) is 2.53. The van der Waals surface area contributed by atoms with Crippen LogP contribution in [-0.2, 0) is 4.79 Å². The Kier molecular flexibility index (Phi) is 1.80. The van der Waals surface area contributed by atoms with Gasteiger partial charge in [0.05, 0.1) is 12.5 Å². The van der Waals surface area contributed by atoms with E-state index in [-0.39, 0.29) is 11.9 Å². The summed E-state index contributed by atoms with van der Waals surface area (Å²) in [4.78, 5) is 21.1. The fraction of sp³-hybridized carbons (Fsp3) is 0.600. The van der Waals surface area contributed by atoms with E-state index in [4.69, 9.17) is 11.6 Å². The highest BCUT2D eigenvalue weighted by atomic mass is 35.5. The van der Waals surface area contributed by atoms with Gasteiger partial charge in [-0.2, -0.15) is 0 Å². The SMILES string of the molecule is CC1CC(=O)NN1C(=O)Cl. The van der Waals surface area contributed by atoms with E-state index in [0.29, 0.717) is 6.42 Å². The fourth-order valence-corrected chi connectivity index (χ4v) is 1.08. The Hall–Kier alpha value is -0.770. The number of halogens is 1. The van der Waals surface area contributed by atoms with Gasteiger partial charge in [-0.05, 0) is 18.5 Å². The van der Waals surface area contributed by atoms with E-state index in [2.05, 4.69) is 5.43 Å². The monoisotopic (exact) mass is 162 g/mol. The maximum absolute atomic E-state index is 10.6. The largest absolute Gasteiger partial charge is 0.335 e. The highest BCUT2D eigenvalue weighted by molar-refractivity contribution is 6.62. The second-order valence-electron chi connectivity index (χ2n) is 2.21. The van der Waals surface area contributed by atoms with Crippen LogP contribution in [0.4, 0.5) is 4.79 Å². The van der Waals surface area contributed by atoms with Gasteiger partial charge in [0.2, 0.25) is 5.91 Å². The zero-order chi connectivity index (χ0) is 7.72. The smallest absolute Gasteiger partial charge is 0.273 e. The van der Waals surface area contributed by atoms with Gasteiger partial charge in [0.1, 0.15) is 0 Å². The molecular weight excluding hydrogens is 156 g/mol. The molecule has 1 unspecified atom stereocenters. The minimum Gasteiger partial charge on any atom is -0.273 e. The quantitative estimate of drug-likeness (QED) is 0.416. The fourth-order valence-electron chi connectivity index (χ4n) is 0.867. The Bertz CT molecular complexity index is 182. The van der Waals surface area contributed by atoms with E-state index in [1.807, 2.05) is 0 Å². The highest BCUT2D eigenvalue weighted by Gasteiger charge is 2.29. The summed E-state index contributed by atoms with van der Waals surface area (Å²) in [5, 5.41) is 0.475. The molecule has 0 saturated carbocycles. The van der Waals surface area contributed by atoms with Gasteiger partial charge in [-0.15, -0.1) is 0 Å². The van der Waals surface area contributed by atoms with Gasteiger partial charge in [-0.25, -0.2) is 5.01 Å². The summed E-state index contributed by atoms with van der Waals surface area (Å²) in [5.74, 6) is -0.165. The number of carbonyl (C=O) groups is 2. The van der Waals surface area contributed by atoms with Crippen LogP contribution in [0, 0.1) is 0 Å². The van der Waals surface area contributed by atoms with Crippen molar-refractivity contribution in [3.63, 3.8) is 0 Å². The van der Waals surface area contributed by atoms with Gasteiger partial charge in [-0.1, -0.05) is 0 Å². The molecule has 0 aromatic heterocycles. The molecule has 1 atom stereocenters. The van der Waals surface area contributed by atoms with Crippen molar-refractivity contribution in [3.8, 4) is 0 Å². The van der Waals surface area contributed by atoms with Gasteiger partial charge in [-0.3, -0.25) is 15.0 Å². The first-order chi connectivity index (χ1) is 4.61. The summed E-state index contributed by atoms with van der Waals surface area (Å²) < 4.78 is 0. The van der Waals surface area contributed by atoms with Gasteiger partial charge in [0, 0.05) is 0 Å². The molecule has 0 aromatic rings. The maximum Gasteiger partial charge on any atom is 0.335 e. The summed E-state index contributed by atoms with van der Waals surface area (Å²) in [6.07, 6.45) is 0.332. The van der Waals surface area contributed by atoms with Gasteiger partial charge >= 0.3 is 5.37 Å². The van der Waals surface area contributed by atoms with E-state index >= 15 is 0 Å². The first kappa shape index (κ1) is 7.34. The summed E-state index contributed by atoms with van der Waals surface area (Å²) in [6, 6.07) is -0.127. The number of nitrogens with zero attached hydrogens (tertiary/aromatic N) is 1. The number of nitrogens with one attached hydrogen (secondary N) is 1. The lowest BCUT2D eigenvalue weighted by atomic mass is 10.3. The van der Waals surface area contributed by atoms with Crippen LogP contribution in [0.2, 0.25) is 0 Å². The molecule has 10 heavy (non-hydrogen) atoms. The Balaban J connectivity index is 2.63. The molecule has 4 nitrogen and oxygen atoms in total. The van der Waals surface area contributed by atoms with Gasteiger partial charge in [0.25, 0.3) is 0 Å². The molecule has 5 heteroatoms. The van der Waals surface area contributed by atoms with Crippen LogP contribution in [0.15, 0.2) is 0 Å². The van der Waals surface area contributed by atoms with Crippen molar-refractivity contribution in [2.24, 2.45) is 0 Å². The highest BCUT2D eigenvalue weighted by Crippen LogP contribution is 2.10.